The number of carbonyl (C=O) groups excluding carboxylic acids is 6. The first-order chi connectivity index (χ1) is 64.0. The summed E-state index contributed by atoms with van der Waals surface area (Å²) in [6, 6.07) is -1.15. The fourth-order valence-corrected chi connectivity index (χ4v) is 14.3. The fraction of sp³-hybridized carbons (Fsp3) is 0.800. The van der Waals surface area contributed by atoms with E-state index in [1.165, 1.54) is 0 Å². The SMILES string of the molecule is [B][C@H](O)CNC(=O)CCCCCCC(=O)N1CCN(c2nc(N(CCOC(=O)N(CCCCCCN=C(N)N)CCCCCCN=C(N)N)CCOC(=O)N(CCCCCCN=C(N)N)CCCCCCN=C(N)N)nc(N(CCOC(=O)N(CCCCCCN=C(N)N)CCCCCCN=C(N)N)CCOC(=O)N(CCCCCCN=C(N)N)CCCCCCN=C(N)N)n2)CC1. The molecule has 1 aliphatic rings. The summed E-state index contributed by atoms with van der Waals surface area (Å²) in [7, 11) is 5.40. The number of ether oxygens (including phenoxy) is 4. The molecule has 1 atom stereocenters. The van der Waals surface area contributed by atoms with E-state index in [1.807, 2.05) is 4.90 Å². The summed E-state index contributed by atoms with van der Waals surface area (Å²) in [6.07, 6.45) is 25.3. The van der Waals surface area contributed by atoms with Crippen LogP contribution in [0.3, 0.4) is 0 Å². The molecule has 0 aliphatic carbocycles. The molecule has 0 saturated carbocycles. The van der Waals surface area contributed by atoms with Gasteiger partial charge in [0.05, 0.1) is 26.2 Å². The molecule has 2 radical (unpaired) electrons. The van der Waals surface area contributed by atoms with Crippen LogP contribution in [-0.2, 0) is 28.5 Å². The van der Waals surface area contributed by atoms with Gasteiger partial charge in [-0.25, -0.2) is 19.2 Å². The second-order valence-corrected chi connectivity index (χ2v) is 33.0. The monoisotopic (exact) mass is 1880 g/mol. The molecule has 0 bridgehead atoms. The Labute approximate surface area is 790 Å². The Morgan fingerprint density at radius 2 is 0.526 bits per heavy atom. The third-order valence-electron chi connectivity index (χ3n) is 21.6. The van der Waals surface area contributed by atoms with Gasteiger partial charge in [-0.05, 0) is 116 Å². The topological polar surface area (TPSA) is 751 Å². The van der Waals surface area contributed by atoms with E-state index in [0.29, 0.717) is 195 Å². The van der Waals surface area contributed by atoms with Gasteiger partial charge in [0.25, 0.3) is 0 Å². The number of aromatic nitrogens is 3. The zero-order chi connectivity index (χ0) is 97.7. The van der Waals surface area contributed by atoms with Gasteiger partial charge in [-0.1, -0.05) is 116 Å². The second-order valence-electron chi connectivity index (χ2n) is 33.0. The third kappa shape index (κ3) is 65.8. The maximum Gasteiger partial charge on any atom is 0.409 e. The molecule has 1 fully saturated rings. The first kappa shape index (κ1) is 118. The van der Waals surface area contributed by atoms with Crippen LogP contribution in [0.2, 0.25) is 0 Å². The maximum atomic E-state index is 14.7. The van der Waals surface area contributed by atoms with Gasteiger partial charge in [0.15, 0.2) is 47.7 Å². The lowest BCUT2D eigenvalue weighted by Gasteiger charge is -2.35. The molecule has 1 aliphatic heterocycles. The largest absolute Gasteiger partial charge is 0.448 e. The van der Waals surface area contributed by atoms with Gasteiger partial charge in [-0.2, -0.15) is 15.0 Å². The molecule has 48 heteroatoms. The van der Waals surface area contributed by atoms with Crippen LogP contribution in [-0.4, -0.2) is 332 Å². The van der Waals surface area contributed by atoms with Crippen LogP contribution >= 0.6 is 0 Å². The fourth-order valence-electron chi connectivity index (χ4n) is 14.3. The zero-order valence-electron chi connectivity index (χ0n) is 79.8. The minimum absolute atomic E-state index is 0.0217. The van der Waals surface area contributed by atoms with Crippen molar-refractivity contribution in [2.75, 3.05) is 205 Å². The van der Waals surface area contributed by atoms with Gasteiger partial charge in [0, 0.05) is 156 Å². The van der Waals surface area contributed by atoms with Crippen molar-refractivity contribution < 1.29 is 52.8 Å². The van der Waals surface area contributed by atoms with Gasteiger partial charge >= 0.3 is 24.4 Å². The number of rotatable bonds is 80. The number of hydrogen-bond donors (Lipinski definition) is 18. The average Bonchev–Trinajstić information content (AvgIpc) is 0.803. The lowest BCUT2D eigenvalue weighted by atomic mass is 10.0. The molecule has 1 saturated heterocycles. The van der Waals surface area contributed by atoms with E-state index in [0.717, 1.165) is 154 Å². The number of hydrogen-bond acceptors (Lipinski definition) is 25. The number of nitrogens with two attached hydrogens (primary N) is 16. The van der Waals surface area contributed by atoms with Crippen molar-refractivity contribution in [1.29, 1.82) is 0 Å². The number of nitrogens with one attached hydrogen (secondary N) is 1. The van der Waals surface area contributed by atoms with Crippen molar-refractivity contribution >= 4 is 110 Å². The Balaban J connectivity index is 3.05. The molecular formula is C85H169BN36O11. The number of nitrogens with zero attached hydrogens (tertiary/aromatic N) is 19. The minimum Gasteiger partial charge on any atom is -0.448 e. The number of aliphatic hydroxyl groups excluding tert-OH is 1. The molecule has 47 nitrogen and oxygen atoms in total. The normalized spacial score (nSPS) is 11.8. The molecule has 2 rings (SSSR count). The number of amides is 6. The van der Waals surface area contributed by atoms with E-state index >= 15 is 0 Å². The zero-order valence-corrected chi connectivity index (χ0v) is 79.8. The summed E-state index contributed by atoms with van der Waals surface area (Å²) in [5.74, 6) is 0.290. The Kier molecular flexibility index (Phi) is 68.2. The summed E-state index contributed by atoms with van der Waals surface area (Å²) in [5.41, 5.74) is 89.7. The van der Waals surface area contributed by atoms with Gasteiger partial charge in [0.1, 0.15) is 34.3 Å². The summed E-state index contributed by atoms with van der Waals surface area (Å²) >= 11 is 0. The second kappa shape index (κ2) is 77.1. The average molecular weight is 1880 g/mol. The third-order valence-corrected chi connectivity index (χ3v) is 21.6. The van der Waals surface area contributed by atoms with Crippen LogP contribution in [0.15, 0.2) is 39.9 Å². The number of unbranched alkanes of at least 4 members (excludes halogenated alkanes) is 27. The smallest absolute Gasteiger partial charge is 0.409 e. The standard InChI is InChI=1S/C85H169BN36O11/c86-68(123)67-111-69(124)37-19-1-2-20-38-70(125)115-55-57-116(58-56-115)79-112-80(117(59-63-130-82(126)119(47-29-11-3-21-39-103-71(87)88)48-30-12-4-22-40-104-72(89)90)60-64-131-83(127)120(49-31-13-5-23-41-105-73(91)92)50-32-14-6-24-42-106-74(93)94)114-81(113-79)118(61-65-132-84(128)121(51-33-15-7-25-43-107-75(95)96)52-34-16-8-26-44-108-76(97)98)62-66-133-85(129)122(53-35-17-9-27-45-109-77(99)100)54-36-18-10-28-46-110-78(101)102/h68,123H,1-67H2,(H,111,124)(H4,87,88,103)(H4,89,90,104)(H4,91,92,105)(H4,93,94,106)(H4,95,96,107)(H4,97,98,108)(H4,99,100,109)(H4,101,102,110)/t68-/m1/s1. The van der Waals surface area contributed by atoms with E-state index in [2.05, 4.69) is 45.3 Å². The number of piperazine rings is 1. The molecule has 758 valence electrons. The number of aliphatic hydroxyl groups is 1. The Morgan fingerprint density at radius 3 is 0.752 bits per heavy atom. The van der Waals surface area contributed by atoms with Crippen molar-refractivity contribution in [3.8, 4) is 0 Å². The molecule has 0 unspecified atom stereocenters. The van der Waals surface area contributed by atoms with Crippen molar-refractivity contribution in [3.63, 3.8) is 0 Å². The van der Waals surface area contributed by atoms with Crippen molar-refractivity contribution in [2.24, 2.45) is 132 Å². The van der Waals surface area contributed by atoms with E-state index < -0.39 is 30.4 Å². The Bertz CT molecular complexity index is 3060. The lowest BCUT2D eigenvalue weighted by molar-refractivity contribution is -0.131. The number of carbonyl (C=O) groups is 6. The van der Waals surface area contributed by atoms with Gasteiger partial charge in [-0.15, -0.1) is 0 Å². The summed E-state index contributed by atoms with van der Waals surface area (Å²) in [4.78, 5) is 148. The molecule has 6 amide bonds. The first-order valence-electron chi connectivity index (χ1n) is 48.1. The number of anilines is 3. The summed E-state index contributed by atoms with van der Waals surface area (Å²) in [6.45, 7) is 7.24. The predicted octanol–water partition coefficient (Wildman–Crippen LogP) is 1.50. The van der Waals surface area contributed by atoms with E-state index in [-0.39, 0.29) is 162 Å². The Morgan fingerprint density at radius 1 is 0.308 bits per heavy atom. The molecule has 1 aromatic rings. The highest BCUT2D eigenvalue weighted by Gasteiger charge is 2.29. The maximum absolute atomic E-state index is 14.7. The minimum atomic E-state index is -1.15. The molecule has 133 heavy (non-hydrogen) atoms. The van der Waals surface area contributed by atoms with E-state index in [9.17, 15) is 33.9 Å². The van der Waals surface area contributed by atoms with Crippen molar-refractivity contribution in [2.45, 2.75) is 250 Å². The highest BCUT2D eigenvalue weighted by molar-refractivity contribution is 6.11. The van der Waals surface area contributed by atoms with E-state index in [4.69, 9.17) is 133 Å². The van der Waals surface area contributed by atoms with Crippen LogP contribution in [0.4, 0.5) is 37.0 Å². The number of guanidine groups is 8. The van der Waals surface area contributed by atoms with Gasteiger partial charge in [-0.3, -0.25) is 49.5 Å². The highest BCUT2D eigenvalue weighted by Crippen LogP contribution is 2.24. The molecule has 1 aromatic heterocycles. The van der Waals surface area contributed by atoms with Gasteiger partial charge < -0.3 is 160 Å². The molecule has 34 N–H and O–H groups in total. The van der Waals surface area contributed by atoms with Crippen LogP contribution < -0.4 is 112 Å². The molecule has 0 spiro atoms. The van der Waals surface area contributed by atoms with Gasteiger partial charge in [0.2, 0.25) is 29.7 Å². The molecular weight excluding hydrogens is 1710 g/mol. The molecule has 0 aromatic carbocycles. The number of aliphatic imine (C=N–C) groups is 8. The van der Waals surface area contributed by atoms with Crippen LogP contribution in [0.25, 0.3) is 0 Å². The Hall–Kier alpha value is -11.4. The predicted molar refractivity (Wildman–Crippen MR) is 530 cm³/mol. The van der Waals surface area contributed by atoms with E-state index in [1.54, 1.807) is 34.3 Å². The van der Waals surface area contributed by atoms with Crippen LogP contribution in [0.5, 0.6) is 0 Å². The first-order valence-corrected chi connectivity index (χ1v) is 48.1. The summed E-state index contributed by atoms with van der Waals surface area (Å²) < 4.78 is 25.1. The van der Waals surface area contributed by atoms with Crippen LogP contribution in [0.1, 0.15) is 244 Å². The summed E-state index contributed by atoms with van der Waals surface area (Å²) in [5, 5.41) is 12.0. The molecule has 2 heterocycles. The van der Waals surface area contributed by atoms with Crippen LogP contribution in [0, 0.1) is 0 Å². The van der Waals surface area contributed by atoms with Crippen molar-refractivity contribution in [1.82, 2.24) is 44.8 Å². The van der Waals surface area contributed by atoms with Crippen molar-refractivity contribution in [3.05, 3.63) is 0 Å². The lowest BCUT2D eigenvalue weighted by Crippen LogP contribution is -2.49. The quantitative estimate of drug-likeness (QED) is 0.0144. The highest BCUT2D eigenvalue weighted by atomic mass is 16.6.